The van der Waals surface area contributed by atoms with E-state index in [1.807, 2.05) is 42.5 Å². The Morgan fingerprint density at radius 3 is 2.30 bits per heavy atom. The minimum atomic E-state index is -0.0230. The van der Waals surface area contributed by atoms with Crippen LogP contribution in [0.1, 0.15) is 31.2 Å². The van der Waals surface area contributed by atoms with Crippen molar-refractivity contribution >= 4 is 23.2 Å². The van der Waals surface area contributed by atoms with Crippen molar-refractivity contribution in [3.63, 3.8) is 0 Å². The van der Waals surface area contributed by atoms with Crippen LogP contribution < -0.4 is 10.5 Å². The molecule has 3 rings (SSSR count). The van der Waals surface area contributed by atoms with Crippen molar-refractivity contribution in [2.45, 2.75) is 37.2 Å². The predicted octanol–water partition coefficient (Wildman–Crippen LogP) is 5.21. The summed E-state index contributed by atoms with van der Waals surface area (Å²) in [6, 6.07) is 15.9. The Morgan fingerprint density at radius 1 is 1.00 bits per heavy atom. The summed E-state index contributed by atoms with van der Waals surface area (Å²) in [6.07, 6.45) is 4.23. The zero-order valence-corrected chi connectivity index (χ0v) is 14.5. The molecule has 4 heteroatoms. The minimum Gasteiger partial charge on any atom is -0.490 e. The van der Waals surface area contributed by atoms with E-state index in [0.29, 0.717) is 16.6 Å². The third-order valence-electron chi connectivity index (χ3n) is 4.86. The molecule has 1 aliphatic carbocycles. The molecule has 2 N–H and O–H groups in total. The number of benzene rings is 2. The van der Waals surface area contributed by atoms with Crippen LogP contribution in [-0.4, -0.2) is 12.6 Å². The van der Waals surface area contributed by atoms with Gasteiger partial charge in [0.05, 0.1) is 16.1 Å². The Balaban J connectivity index is 1.70. The van der Waals surface area contributed by atoms with Gasteiger partial charge >= 0.3 is 0 Å². The van der Waals surface area contributed by atoms with Crippen molar-refractivity contribution < 1.29 is 4.74 Å². The van der Waals surface area contributed by atoms with Gasteiger partial charge in [-0.1, -0.05) is 47.5 Å². The van der Waals surface area contributed by atoms with Crippen LogP contribution in [0.4, 0.5) is 0 Å². The second-order valence-electron chi connectivity index (χ2n) is 6.24. The summed E-state index contributed by atoms with van der Waals surface area (Å²) in [7, 11) is 0. The fourth-order valence-corrected chi connectivity index (χ4v) is 3.69. The quantitative estimate of drug-likeness (QED) is 0.821. The van der Waals surface area contributed by atoms with E-state index in [0.717, 1.165) is 31.4 Å². The molecule has 2 aromatic rings. The van der Waals surface area contributed by atoms with Crippen LogP contribution in [0.3, 0.4) is 0 Å². The lowest BCUT2D eigenvalue weighted by atomic mass is 9.69. The van der Waals surface area contributed by atoms with Gasteiger partial charge in [-0.25, -0.2) is 0 Å². The smallest absolute Gasteiger partial charge is 0.119 e. The molecule has 0 spiro atoms. The first-order chi connectivity index (χ1) is 11.1. The molecule has 0 aromatic heterocycles. The highest BCUT2D eigenvalue weighted by molar-refractivity contribution is 6.42. The molecule has 1 aliphatic rings. The van der Waals surface area contributed by atoms with Crippen LogP contribution in [0.5, 0.6) is 5.75 Å². The zero-order valence-electron chi connectivity index (χ0n) is 13.0. The molecule has 1 saturated carbocycles. The van der Waals surface area contributed by atoms with Crippen LogP contribution >= 0.6 is 23.2 Å². The minimum absolute atomic E-state index is 0.0230. The fraction of sp³-hybridized carbons (Fsp3) is 0.368. The number of rotatable bonds is 4. The Hall–Kier alpha value is -1.22. The topological polar surface area (TPSA) is 35.2 Å². The molecule has 0 bridgehead atoms. The van der Waals surface area contributed by atoms with Crippen LogP contribution in [0.15, 0.2) is 48.5 Å². The monoisotopic (exact) mass is 349 g/mol. The largest absolute Gasteiger partial charge is 0.490 e. The summed E-state index contributed by atoms with van der Waals surface area (Å²) in [5.74, 6) is 0.937. The van der Waals surface area contributed by atoms with Gasteiger partial charge in [0.25, 0.3) is 0 Å². The highest BCUT2D eigenvalue weighted by Crippen LogP contribution is 2.41. The van der Waals surface area contributed by atoms with E-state index in [2.05, 4.69) is 6.07 Å². The van der Waals surface area contributed by atoms with Crippen LogP contribution in [0.2, 0.25) is 10.0 Å². The van der Waals surface area contributed by atoms with Crippen molar-refractivity contribution in [3.8, 4) is 5.75 Å². The van der Waals surface area contributed by atoms with Gasteiger partial charge in [-0.15, -0.1) is 0 Å². The molecule has 0 radical (unpaired) electrons. The van der Waals surface area contributed by atoms with Gasteiger partial charge < -0.3 is 10.5 Å². The van der Waals surface area contributed by atoms with Crippen LogP contribution in [0.25, 0.3) is 0 Å². The van der Waals surface area contributed by atoms with Crippen molar-refractivity contribution in [1.29, 1.82) is 0 Å². The van der Waals surface area contributed by atoms with Crippen LogP contribution in [0, 0.1) is 0 Å². The highest BCUT2D eigenvalue weighted by Gasteiger charge is 2.36. The number of nitrogens with two attached hydrogens (primary N) is 1. The molecule has 23 heavy (non-hydrogen) atoms. The first-order valence-corrected chi connectivity index (χ1v) is 8.76. The Kier molecular flexibility index (Phi) is 5.15. The predicted molar refractivity (Wildman–Crippen MR) is 96.5 cm³/mol. The van der Waals surface area contributed by atoms with Gasteiger partial charge in [-0.2, -0.15) is 0 Å². The molecule has 0 unspecified atom stereocenters. The normalized spacial score (nSPS) is 24.4. The average Bonchev–Trinajstić information content (AvgIpc) is 2.59. The molecule has 0 atom stereocenters. The van der Waals surface area contributed by atoms with Crippen molar-refractivity contribution in [1.82, 2.24) is 0 Å². The van der Waals surface area contributed by atoms with Crippen molar-refractivity contribution in [2.75, 3.05) is 6.54 Å². The maximum Gasteiger partial charge on any atom is 0.119 e. The number of para-hydroxylation sites is 1. The summed E-state index contributed by atoms with van der Waals surface area (Å²) >= 11 is 12.2. The van der Waals surface area contributed by atoms with E-state index in [1.165, 1.54) is 5.56 Å². The Labute approximate surface area is 147 Å². The van der Waals surface area contributed by atoms with E-state index in [-0.39, 0.29) is 11.5 Å². The fourth-order valence-electron chi connectivity index (χ4n) is 3.39. The van der Waals surface area contributed by atoms with Gasteiger partial charge in [0.1, 0.15) is 5.75 Å². The average molecular weight is 350 g/mol. The maximum atomic E-state index is 6.19. The lowest BCUT2D eigenvalue weighted by Gasteiger charge is -2.40. The summed E-state index contributed by atoms with van der Waals surface area (Å²) in [5.41, 5.74) is 7.30. The number of halogens is 2. The van der Waals surface area contributed by atoms with Crippen molar-refractivity contribution in [3.05, 3.63) is 64.1 Å². The SMILES string of the molecule is NCC1(c2ccc(Cl)c(Cl)c2)CCC(Oc2ccccc2)CC1. The standard InChI is InChI=1S/C19H21Cl2NO/c20-17-7-6-14(12-18(17)21)19(13-22)10-8-16(9-11-19)23-15-4-2-1-3-5-15/h1-7,12,16H,8-11,13,22H2. The Bertz CT molecular complexity index is 652. The van der Waals surface area contributed by atoms with E-state index in [4.69, 9.17) is 33.7 Å². The highest BCUT2D eigenvalue weighted by atomic mass is 35.5. The Morgan fingerprint density at radius 2 is 1.70 bits per heavy atom. The van der Waals surface area contributed by atoms with E-state index >= 15 is 0 Å². The third-order valence-corrected chi connectivity index (χ3v) is 5.60. The van der Waals surface area contributed by atoms with Gasteiger partial charge in [-0.05, 0) is 55.5 Å². The molecule has 2 aromatic carbocycles. The second kappa shape index (κ2) is 7.12. The molecule has 122 valence electrons. The van der Waals surface area contributed by atoms with Gasteiger partial charge in [0.2, 0.25) is 0 Å². The number of hydrogen-bond acceptors (Lipinski definition) is 2. The molecule has 1 fully saturated rings. The summed E-state index contributed by atoms with van der Waals surface area (Å²) in [6.45, 7) is 0.614. The maximum absolute atomic E-state index is 6.19. The van der Waals surface area contributed by atoms with Crippen LogP contribution in [-0.2, 0) is 5.41 Å². The lowest BCUT2D eigenvalue weighted by Crippen LogP contribution is -2.41. The molecule has 2 nitrogen and oxygen atoms in total. The van der Waals surface area contributed by atoms with Gasteiger partial charge in [0.15, 0.2) is 0 Å². The molecular formula is C19H21Cl2NO. The van der Waals surface area contributed by atoms with Gasteiger partial charge in [0, 0.05) is 12.0 Å². The zero-order chi connectivity index (χ0) is 16.3. The molecule has 0 saturated heterocycles. The van der Waals surface area contributed by atoms with E-state index in [9.17, 15) is 0 Å². The lowest BCUT2D eigenvalue weighted by molar-refractivity contribution is 0.118. The van der Waals surface area contributed by atoms with Crippen molar-refractivity contribution in [2.24, 2.45) is 5.73 Å². The van der Waals surface area contributed by atoms with Gasteiger partial charge in [-0.3, -0.25) is 0 Å². The summed E-state index contributed by atoms with van der Waals surface area (Å²) in [5, 5.41) is 1.18. The third kappa shape index (κ3) is 3.65. The second-order valence-corrected chi connectivity index (χ2v) is 7.06. The van der Waals surface area contributed by atoms with E-state index in [1.54, 1.807) is 0 Å². The number of ether oxygens (including phenoxy) is 1. The molecule has 0 aliphatic heterocycles. The number of hydrogen-bond donors (Lipinski definition) is 1. The molecular weight excluding hydrogens is 329 g/mol. The molecule has 0 amide bonds. The summed E-state index contributed by atoms with van der Waals surface area (Å²) < 4.78 is 6.08. The van der Waals surface area contributed by atoms with E-state index < -0.39 is 0 Å². The molecule has 0 heterocycles. The first kappa shape index (κ1) is 16.6. The summed E-state index contributed by atoms with van der Waals surface area (Å²) in [4.78, 5) is 0. The first-order valence-electron chi connectivity index (χ1n) is 8.00.